The Morgan fingerprint density at radius 2 is 1.82 bits per heavy atom. The zero-order chi connectivity index (χ0) is 12.3. The molecule has 0 unspecified atom stereocenters. The van der Waals surface area contributed by atoms with Gasteiger partial charge in [0.2, 0.25) is 0 Å². The van der Waals surface area contributed by atoms with Crippen LogP contribution in [-0.4, -0.2) is 12.0 Å². The van der Waals surface area contributed by atoms with Crippen LogP contribution in [0.15, 0.2) is 51.5 Å². The van der Waals surface area contributed by atoms with Crippen molar-refractivity contribution in [3.05, 3.63) is 57.1 Å². The number of hydrogen-bond donors (Lipinski definition) is 0. The van der Waals surface area contributed by atoms with Gasteiger partial charge >= 0.3 is 0 Å². The lowest BCUT2D eigenvalue weighted by atomic mass is 10.2. The number of aromatic nitrogens is 1. The molecule has 4 heteroatoms. The maximum atomic E-state index is 4.36. The van der Waals surface area contributed by atoms with E-state index in [1.807, 2.05) is 19.2 Å². The van der Waals surface area contributed by atoms with E-state index in [1.54, 1.807) is 6.20 Å². The van der Waals surface area contributed by atoms with Crippen molar-refractivity contribution in [3.63, 3.8) is 0 Å². The molecule has 17 heavy (non-hydrogen) atoms. The van der Waals surface area contributed by atoms with Crippen LogP contribution < -0.4 is 4.90 Å². The first-order valence-electron chi connectivity index (χ1n) is 5.23. The van der Waals surface area contributed by atoms with Crippen molar-refractivity contribution in [3.8, 4) is 0 Å². The average Bonchev–Trinajstić information content (AvgIpc) is 2.32. The van der Waals surface area contributed by atoms with Crippen molar-refractivity contribution in [1.29, 1.82) is 0 Å². The van der Waals surface area contributed by atoms with Gasteiger partial charge in [0, 0.05) is 24.3 Å². The quantitative estimate of drug-likeness (QED) is 0.818. The molecular formula is C13H12Br2N2. The van der Waals surface area contributed by atoms with E-state index in [1.165, 1.54) is 5.56 Å². The fraction of sp³-hybridized carbons (Fsp3) is 0.154. The van der Waals surface area contributed by atoms with Crippen molar-refractivity contribution in [2.75, 3.05) is 11.9 Å². The van der Waals surface area contributed by atoms with Gasteiger partial charge in [-0.25, -0.2) is 4.98 Å². The Balaban J connectivity index is 2.14. The van der Waals surface area contributed by atoms with E-state index in [0.717, 1.165) is 21.3 Å². The number of benzene rings is 1. The van der Waals surface area contributed by atoms with Gasteiger partial charge in [0.05, 0.1) is 4.47 Å². The predicted molar refractivity (Wildman–Crippen MR) is 78.2 cm³/mol. The number of hydrogen-bond acceptors (Lipinski definition) is 2. The molecule has 0 spiro atoms. The molecule has 0 aliphatic carbocycles. The second kappa shape index (κ2) is 5.65. The van der Waals surface area contributed by atoms with E-state index in [-0.39, 0.29) is 0 Å². The molecule has 1 aromatic heterocycles. The number of anilines is 1. The summed E-state index contributed by atoms with van der Waals surface area (Å²) >= 11 is 6.94. The molecule has 2 nitrogen and oxygen atoms in total. The van der Waals surface area contributed by atoms with E-state index in [4.69, 9.17) is 0 Å². The zero-order valence-electron chi connectivity index (χ0n) is 9.40. The molecule has 0 fully saturated rings. The summed E-state index contributed by atoms with van der Waals surface area (Å²) in [6.07, 6.45) is 1.80. The molecule has 0 bridgehead atoms. The standard InChI is InChI=1S/C13H12Br2N2/c1-17(13-12(15)3-2-8-16-13)9-10-4-6-11(14)7-5-10/h2-8H,9H2,1H3. The second-order valence-corrected chi connectivity index (χ2v) is 5.56. The molecule has 0 radical (unpaired) electrons. The van der Waals surface area contributed by atoms with Crippen molar-refractivity contribution in [2.45, 2.75) is 6.54 Å². The molecular weight excluding hydrogens is 344 g/mol. The highest BCUT2D eigenvalue weighted by molar-refractivity contribution is 9.10. The molecule has 0 saturated carbocycles. The van der Waals surface area contributed by atoms with Gasteiger partial charge in [-0.15, -0.1) is 0 Å². The van der Waals surface area contributed by atoms with Crippen molar-refractivity contribution in [1.82, 2.24) is 4.98 Å². The van der Waals surface area contributed by atoms with Crippen molar-refractivity contribution < 1.29 is 0 Å². The second-order valence-electron chi connectivity index (χ2n) is 3.79. The summed E-state index contributed by atoms with van der Waals surface area (Å²) in [6.45, 7) is 0.836. The SMILES string of the molecule is CN(Cc1ccc(Br)cc1)c1ncccc1Br. The van der Waals surface area contributed by atoms with Gasteiger partial charge in [0.15, 0.2) is 0 Å². The summed E-state index contributed by atoms with van der Waals surface area (Å²) in [7, 11) is 2.04. The van der Waals surface area contributed by atoms with E-state index < -0.39 is 0 Å². The number of nitrogens with zero attached hydrogens (tertiary/aromatic N) is 2. The van der Waals surface area contributed by atoms with Crippen molar-refractivity contribution >= 4 is 37.7 Å². The minimum absolute atomic E-state index is 0.836. The lowest BCUT2D eigenvalue weighted by Gasteiger charge is -2.19. The lowest BCUT2D eigenvalue weighted by Crippen LogP contribution is -2.17. The smallest absolute Gasteiger partial charge is 0.142 e. The van der Waals surface area contributed by atoms with Gasteiger partial charge in [-0.2, -0.15) is 0 Å². The Morgan fingerprint density at radius 3 is 2.47 bits per heavy atom. The van der Waals surface area contributed by atoms with Gasteiger partial charge < -0.3 is 4.90 Å². The molecule has 0 amide bonds. The van der Waals surface area contributed by atoms with Crippen LogP contribution in [0.5, 0.6) is 0 Å². The van der Waals surface area contributed by atoms with Crippen LogP contribution in [0.1, 0.15) is 5.56 Å². The Labute approximate surface area is 118 Å². The maximum Gasteiger partial charge on any atom is 0.142 e. The number of halogens is 2. The molecule has 2 aromatic rings. The third kappa shape index (κ3) is 3.30. The Bertz CT molecular complexity index is 497. The Hall–Kier alpha value is -0.870. The molecule has 1 heterocycles. The first kappa shape index (κ1) is 12.6. The highest BCUT2D eigenvalue weighted by atomic mass is 79.9. The normalized spacial score (nSPS) is 10.3. The summed E-state index contributed by atoms with van der Waals surface area (Å²) in [5.74, 6) is 0.954. The van der Waals surface area contributed by atoms with Gasteiger partial charge in [0.25, 0.3) is 0 Å². The third-order valence-electron chi connectivity index (χ3n) is 2.43. The van der Waals surface area contributed by atoms with E-state index >= 15 is 0 Å². The Morgan fingerprint density at radius 1 is 1.12 bits per heavy atom. The minimum atomic E-state index is 0.836. The van der Waals surface area contributed by atoms with Crippen LogP contribution in [0.4, 0.5) is 5.82 Å². The summed E-state index contributed by atoms with van der Waals surface area (Å²) in [4.78, 5) is 6.48. The van der Waals surface area contributed by atoms with Crippen molar-refractivity contribution in [2.24, 2.45) is 0 Å². The molecule has 0 N–H and O–H groups in total. The van der Waals surface area contributed by atoms with Crippen LogP contribution in [-0.2, 0) is 6.54 Å². The summed E-state index contributed by atoms with van der Waals surface area (Å²) in [5.41, 5.74) is 1.26. The molecule has 0 saturated heterocycles. The highest BCUT2D eigenvalue weighted by Gasteiger charge is 2.06. The summed E-state index contributed by atoms with van der Waals surface area (Å²) in [6, 6.07) is 12.2. The third-order valence-corrected chi connectivity index (χ3v) is 3.58. The van der Waals surface area contributed by atoms with Crippen LogP contribution in [0, 0.1) is 0 Å². The highest BCUT2D eigenvalue weighted by Crippen LogP contribution is 2.23. The maximum absolute atomic E-state index is 4.36. The molecule has 88 valence electrons. The first-order valence-corrected chi connectivity index (χ1v) is 6.81. The molecule has 2 rings (SSSR count). The number of rotatable bonds is 3. The molecule has 0 aliphatic heterocycles. The zero-order valence-corrected chi connectivity index (χ0v) is 12.6. The van der Waals surface area contributed by atoms with Gasteiger partial charge in [-0.1, -0.05) is 28.1 Å². The van der Waals surface area contributed by atoms with E-state index in [9.17, 15) is 0 Å². The van der Waals surface area contributed by atoms with Crippen LogP contribution >= 0.6 is 31.9 Å². The van der Waals surface area contributed by atoms with E-state index in [0.29, 0.717) is 0 Å². The van der Waals surface area contributed by atoms with Gasteiger partial charge in [-0.3, -0.25) is 0 Å². The monoisotopic (exact) mass is 354 g/mol. The van der Waals surface area contributed by atoms with Crippen LogP contribution in [0.3, 0.4) is 0 Å². The summed E-state index contributed by atoms with van der Waals surface area (Å²) in [5, 5.41) is 0. The van der Waals surface area contributed by atoms with Gasteiger partial charge in [-0.05, 0) is 45.8 Å². The average molecular weight is 356 g/mol. The van der Waals surface area contributed by atoms with Crippen LogP contribution in [0.2, 0.25) is 0 Å². The van der Waals surface area contributed by atoms with Gasteiger partial charge in [0.1, 0.15) is 5.82 Å². The largest absolute Gasteiger partial charge is 0.354 e. The molecule has 1 aromatic carbocycles. The lowest BCUT2D eigenvalue weighted by molar-refractivity contribution is 0.894. The summed E-state index contributed by atoms with van der Waals surface area (Å²) < 4.78 is 2.11. The topological polar surface area (TPSA) is 16.1 Å². The first-order chi connectivity index (χ1) is 8.16. The molecule has 0 aliphatic rings. The fourth-order valence-corrected chi connectivity index (χ4v) is 2.42. The fourth-order valence-electron chi connectivity index (χ4n) is 1.60. The molecule has 0 atom stereocenters. The minimum Gasteiger partial charge on any atom is -0.354 e. The predicted octanol–water partition coefficient (Wildman–Crippen LogP) is 4.24. The van der Waals surface area contributed by atoms with E-state index in [2.05, 4.69) is 66.0 Å². The Kier molecular flexibility index (Phi) is 4.18. The van der Waals surface area contributed by atoms with Crippen LogP contribution in [0.25, 0.3) is 0 Å². The number of pyridine rings is 1.